The van der Waals surface area contributed by atoms with Gasteiger partial charge in [0.15, 0.2) is 0 Å². The van der Waals surface area contributed by atoms with E-state index in [0.29, 0.717) is 5.69 Å². The number of carbonyl (C=O) groups is 1. The van der Waals surface area contributed by atoms with Gasteiger partial charge in [-0.25, -0.2) is 9.18 Å². The average Bonchev–Trinajstić information content (AvgIpc) is 2.37. The number of aromatic carboxylic acids is 1. The Bertz CT molecular complexity index is 508. The van der Waals surface area contributed by atoms with E-state index in [2.05, 4.69) is 0 Å². The molecule has 1 N–H and O–H groups in total. The fourth-order valence-corrected chi connectivity index (χ4v) is 2.34. The molecule has 0 amide bonds. The third kappa shape index (κ3) is 3.02. The summed E-state index contributed by atoms with van der Waals surface area (Å²) in [5.74, 6) is -3.57. The molecule has 1 fully saturated rings. The van der Waals surface area contributed by atoms with Crippen molar-refractivity contribution in [3.8, 4) is 0 Å². The van der Waals surface area contributed by atoms with Crippen LogP contribution in [-0.2, 0) is 0 Å². The first kappa shape index (κ1) is 14.6. The maximum atomic E-state index is 13.5. The molecule has 0 aliphatic carbocycles. The lowest BCUT2D eigenvalue weighted by Gasteiger charge is -2.34. The summed E-state index contributed by atoms with van der Waals surface area (Å²) in [5.41, 5.74) is -0.0351. The Morgan fingerprint density at radius 1 is 1.25 bits per heavy atom. The zero-order valence-electron chi connectivity index (χ0n) is 10.5. The van der Waals surface area contributed by atoms with E-state index in [1.54, 1.807) is 4.90 Å². The highest BCUT2D eigenvalue weighted by Gasteiger charge is 2.41. The molecule has 7 heteroatoms. The summed E-state index contributed by atoms with van der Waals surface area (Å²) < 4.78 is 51.1. The summed E-state index contributed by atoms with van der Waals surface area (Å²) >= 11 is 0. The van der Waals surface area contributed by atoms with Crippen molar-refractivity contribution in [1.82, 2.24) is 0 Å². The summed E-state index contributed by atoms with van der Waals surface area (Å²) in [6.07, 6.45) is -4.26. The van der Waals surface area contributed by atoms with Gasteiger partial charge in [0.05, 0.1) is 11.5 Å². The number of piperidine rings is 1. The average molecular weight is 291 g/mol. The number of carboxylic acid groups (broad SMARTS) is 1. The molecule has 0 spiro atoms. The van der Waals surface area contributed by atoms with Crippen LogP contribution in [0, 0.1) is 11.7 Å². The van der Waals surface area contributed by atoms with E-state index in [1.807, 2.05) is 0 Å². The van der Waals surface area contributed by atoms with Gasteiger partial charge in [0.25, 0.3) is 0 Å². The van der Waals surface area contributed by atoms with E-state index in [4.69, 9.17) is 5.11 Å². The van der Waals surface area contributed by atoms with Gasteiger partial charge in [-0.3, -0.25) is 0 Å². The molecular formula is C13H13F4NO2. The molecule has 1 aliphatic heterocycles. The van der Waals surface area contributed by atoms with Crippen molar-refractivity contribution >= 4 is 11.7 Å². The number of benzene rings is 1. The van der Waals surface area contributed by atoms with Crippen LogP contribution in [0.25, 0.3) is 0 Å². The lowest BCUT2D eigenvalue weighted by molar-refractivity contribution is -0.179. The first-order valence-electron chi connectivity index (χ1n) is 6.13. The lowest BCUT2D eigenvalue weighted by atomic mass is 9.96. The minimum atomic E-state index is -4.19. The van der Waals surface area contributed by atoms with E-state index in [1.165, 1.54) is 6.07 Å². The van der Waals surface area contributed by atoms with Gasteiger partial charge in [-0.1, -0.05) is 0 Å². The molecule has 110 valence electrons. The first-order chi connectivity index (χ1) is 9.29. The van der Waals surface area contributed by atoms with Crippen LogP contribution >= 0.6 is 0 Å². The predicted molar refractivity (Wildman–Crippen MR) is 64.4 cm³/mol. The number of anilines is 1. The van der Waals surface area contributed by atoms with Crippen LogP contribution in [0.1, 0.15) is 23.2 Å². The van der Waals surface area contributed by atoms with E-state index in [0.717, 1.165) is 12.1 Å². The van der Waals surface area contributed by atoms with Crippen LogP contribution in [0.5, 0.6) is 0 Å². The normalized spacial score (nSPS) is 17.3. The molecule has 20 heavy (non-hydrogen) atoms. The van der Waals surface area contributed by atoms with Crippen molar-refractivity contribution in [3.63, 3.8) is 0 Å². The molecule has 1 heterocycles. The quantitative estimate of drug-likeness (QED) is 0.850. The molecule has 0 aromatic heterocycles. The maximum Gasteiger partial charge on any atom is 0.391 e. The van der Waals surface area contributed by atoms with Gasteiger partial charge in [-0.05, 0) is 31.0 Å². The largest absolute Gasteiger partial charge is 0.478 e. The van der Waals surface area contributed by atoms with Crippen LogP contribution in [0.2, 0.25) is 0 Å². The lowest BCUT2D eigenvalue weighted by Crippen LogP contribution is -2.39. The van der Waals surface area contributed by atoms with Crippen molar-refractivity contribution in [2.24, 2.45) is 5.92 Å². The number of hydrogen-bond donors (Lipinski definition) is 1. The fourth-order valence-electron chi connectivity index (χ4n) is 2.34. The highest BCUT2D eigenvalue weighted by Crippen LogP contribution is 2.35. The first-order valence-corrected chi connectivity index (χ1v) is 6.13. The van der Waals surface area contributed by atoms with Crippen molar-refractivity contribution in [2.75, 3.05) is 18.0 Å². The van der Waals surface area contributed by atoms with Crippen molar-refractivity contribution in [3.05, 3.63) is 29.6 Å². The van der Waals surface area contributed by atoms with Crippen molar-refractivity contribution in [2.45, 2.75) is 19.0 Å². The molecule has 0 atom stereocenters. The van der Waals surface area contributed by atoms with E-state index < -0.39 is 29.4 Å². The second-order valence-corrected chi connectivity index (χ2v) is 4.77. The van der Waals surface area contributed by atoms with Gasteiger partial charge in [0.2, 0.25) is 0 Å². The number of halogens is 4. The second kappa shape index (κ2) is 5.30. The third-order valence-corrected chi connectivity index (χ3v) is 3.51. The molecule has 3 nitrogen and oxygen atoms in total. The molecule has 2 rings (SSSR count). The number of hydrogen-bond acceptors (Lipinski definition) is 2. The monoisotopic (exact) mass is 291 g/mol. The zero-order valence-corrected chi connectivity index (χ0v) is 10.5. The van der Waals surface area contributed by atoms with E-state index in [9.17, 15) is 22.4 Å². The fraction of sp³-hybridized carbons (Fsp3) is 0.462. The summed E-state index contributed by atoms with van der Waals surface area (Å²) in [6.45, 7) is 0.353. The topological polar surface area (TPSA) is 40.5 Å². The maximum absolute atomic E-state index is 13.5. The Balaban J connectivity index is 2.08. The minimum absolute atomic E-state index is 0.0359. The zero-order chi connectivity index (χ0) is 14.9. The Labute approximate surface area is 112 Å². The number of carboxylic acids is 1. The Kier molecular flexibility index (Phi) is 3.87. The number of alkyl halides is 3. The third-order valence-electron chi connectivity index (χ3n) is 3.51. The Morgan fingerprint density at radius 2 is 1.85 bits per heavy atom. The molecule has 1 aromatic carbocycles. The molecule has 0 bridgehead atoms. The molecule has 0 radical (unpaired) electrons. The summed E-state index contributed by atoms with van der Waals surface area (Å²) in [7, 11) is 0. The van der Waals surface area contributed by atoms with Crippen LogP contribution < -0.4 is 4.90 Å². The Morgan fingerprint density at radius 3 is 2.30 bits per heavy atom. The van der Waals surface area contributed by atoms with Gasteiger partial charge >= 0.3 is 12.1 Å². The number of rotatable bonds is 2. The Hall–Kier alpha value is -1.79. The predicted octanol–water partition coefficient (Wildman–Crippen LogP) is 3.30. The van der Waals surface area contributed by atoms with Gasteiger partial charge in [-0.15, -0.1) is 0 Å². The molecule has 0 saturated carbocycles. The van der Waals surface area contributed by atoms with Crippen LogP contribution in [-0.4, -0.2) is 30.3 Å². The molecule has 1 saturated heterocycles. The molecule has 1 aromatic rings. The molecule has 0 unspecified atom stereocenters. The van der Waals surface area contributed by atoms with E-state index >= 15 is 0 Å². The van der Waals surface area contributed by atoms with Crippen LogP contribution in [0.15, 0.2) is 18.2 Å². The van der Waals surface area contributed by atoms with Crippen molar-refractivity contribution in [1.29, 1.82) is 0 Å². The van der Waals surface area contributed by atoms with E-state index in [-0.39, 0.29) is 25.9 Å². The van der Waals surface area contributed by atoms with Crippen LogP contribution in [0.4, 0.5) is 23.2 Å². The highest BCUT2D eigenvalue weighted by molar-refractivity contribution is 5.88. The van der Waals surface area contributed by atoms with Gasteiger partial charge in [0, 0.05) is 18.8 Å². The highest BCUT2D eigenvalue weighted by atomic mass is 19.4. The van der Waals surface area contributed by atoms with Crippen molar-refractivity contribution < 1.29 is 27.5 Å². The summed E-state index contributed by atoms with van der Waals surface area (Å²) in [5, 5.41) is 8.71. The smallest absolute Gasteiger partial charge is 0.391 e. The molecular weight excluding hydrogens is 278 g/mol. The van der Waals surface area contributed by atoms with Gasteiger partial charge in [-0.2, -0.15) is 13.2 Å². The summed E-state index contributed by atoms with van der Waals surface area (Å²) in [4.78, 5) is 12.3. The second-order valence-electron chi connectivity index (χ2n) is 4.77. The van der Waals surface area contributed by atoms with Gasteiger partial charge in [0.1, 0.15) is 5.82 Å². The molecule has 1 aliphatic rings. The summed E-state index contributed by atoms with van der Waals surface area (Å²) in [6, 6.07) is 3.60. The minimum Gasteiger partial charge on any atom is -0.478 e. The number of nitrogens with zero attached hydrogens (tertiary/aromatic N) is 1. The standard InChI is InChI=1S/C13H13F4NO2/c14-11-7-9(1-2-10(11)12(19)20)18-5-3-8(4-6-18)13(15,16)17/h1-2,7-8H,3-6H2,(H,19,20). The van der Waals surface area contributed by atoms with Crippen LogP contribution in [0.3, 0.4) is 0 Å². The SMILES string of the molecule is O=C(O)c1ccc(N2CCC(C(F)(F)F)CC2)cc1F. The van der Waals surface area contributed by atoms with Gasteiger partial charge < -0.3 is 10.0 Å².